The monoisotopic (exact) mass is 240 g/mol. The van der Waals surface area contributed by atoms with E-state index in [4.69, 9.17) is 5.11 Å². The van der Waals surface area contributed by atoms with E-state index < -0.39 is 17.8 Å². The van der Waals surface area contributed by atoms with E-state index in [2.05, 4.69) is 20.5 Å². The smallest absolute Gasteiger partial charge is 0.308 e. The number of hydrogen-bond donors (Lipinski definition) is 3. The summed E-state index contributed by atoms with van der Waals surface area (Å²) in [6.07, 6.45) is 1.64. The second kappa shape index (κ2) is 5.97. The number of aliphatic carboxylic acids is 1. The second-order valence-electron chi connectivity index (χ2n) is 3.81. The molecule has 3 N–H and O–H groups in total. The molecule has 0 aliphatic rings. The van der Waals surface area contributed by atoms with Crippen molar-refractivity contribution in [2.45, 2.75) is 26.7 Å². The van der Waals surface area contributed by atoms with Crippen LogP contribution in [0.3, 0.4) is 0 Å². The quantitative estimate of drug-likeness (QED) is 0.658. The van der Waals surface area contributed by atoms with Gasteiger partial charge < -0.3 is 10.4 Å². The summed E-state index contributed by atoms with van der Waals surface area (Å²) < 4.78 is 0. The van der Waals surface area contributed by atoms with Crippen LogP contribution in [0.25, 0.3) is 0 Å². The number of amides is 1. The molecule has 0 aliphatic heterocycles. The van der Waals surface area contributed by atoms with Crippen molar-refractivity contribution < 1.29 is 14.7 Å². The summed E-state index contributed by atoms with van der Waals surface area (Å²) in [5.74, 6) is -1.34. The molecular formula is C10H16N4O3. The van der Waals surface area contributed by atoms with Gasteiger partial charge in [0.05, 0.1) is 5.92 Å². The van der Waals surface area contributed by atoms with E-state index in [1.807, 2.05) is 6.92 Å². The first-order valence-corrected chi connectivity index (χ1v) is 5.46. The van der Waals surface area contributed by atoms with Gasteiger partial charge in [0.15, 0.2) is 0 Å². The van der Waals surface area contributed by atoms with Crippen LogP contribution in [0.2, 0.25) is 0 Å². The molecule has 1 atom stereocenters. The van der Waals surface area contributed by atoms with Gasteiger partial charge in [0, 0.05) is 13.0 Å². The summed E-state index contributed by atoms with van der Waals surface area (Å²) in [6.45, 7) is 3.58. The van der Waals surface area contributed by atoms with Gasteiger partial charge in [0.25, 0.3) is 5.91 Å². The molecule has 94 valence electrons. The average Bonchev–Trinajstić information content (AvgIpc) is 2.74. The first kappa shape index (κ1) is 13.1. The minimum atomic E-state index is -0.952. The number of aromatic amines is 1. The number of rotatable bonds is 6. The topological polar surface area (TPSA) is 108 Å². The number of H-pyrrole nitrogens is 1. The maximum Gasteiger partial charge on any atom is 0.308 e. The Bertz CT molecular complexity index is 402. The largest absolute Gasteiger partial charge is 0.481 e. The second-order valence-corrected chi connectivity index (χ2v) is 3.81. The number of nitrogens with zero attached hydrogens (tertiary/aromatic N) is 2. The molecule has 0 saturated carbocycles. The van der Waals surface area contributed by atoms with Crippen LogP contribution >= 0.6 is 0 Å². The Kier molecular flexibility index (Phi) is 4.62. The van der Waals surface area contributed by atoms with Gasteiger partial charge in [-0.2, -0.15) is 0 Å². The van der Waals surface area contributed by atoms with Gasteiger partial charge >= 0.3 is 5.97 Å². The third kappa shape index (κ3) is 3.86. The molecule has 1 aromatic rings. The van der Waals surface area contributed by atoms with Crippen molar-refractivity contribution in [3.8, 4) is 0 Å². The number of carbonyl (C=O) groups excluding carboxylic acids is 1. The summed E-state index contributed by atoms with van der Waals surface area (Å²) in [5, 5.41) is 17.5. The number of nitrogens with one attached hydrogen (secondary N) is 2. The van der Waals surface area contributed by atoms with Gasteiger partial charge in [-0.1, -0.05) is 13.8 Å². The summed E-state index contributed by atoms with van der Waals surface area (Å²) in [7, 11) is 0. The Hall–Kier alpha value is -1.92. The number of carboxylic acids is 1. The van der Waals surface area contributed by atoms with Crippen LogP contribution in [0.5, 0.6) is 0 Å². The van der Waals surface area contributed by atoms with E-state index in [1.165, 1.54) is 6.92 Å². The predicted molar refractivity (Wildman–Crippen MR) is 59.5 cm³/mol. The van der Waals surface area contributed by atoms with Gasteiger partial charge in [0.2, 0.25) is 5.82 Å². The van der Waals surface area contributed by atoms with Gasteiger partial charge in [-0.15, -0.1) is 5.10 Å². The highest BCUT2D eigenvalue weighted by Crippen LogP contribution is 1.97. The van der Waals surface area contributed by atoms with E-state index in [1.54, 1.807) is 0 Å². The third-order valence-corrected chi connectivity index (χ3v) is 2.21. The van der Waals surface area contributed by atoms with E-state index in [9.17, 15) is 9.59 Å². The standard InChI is InChI=1S/C10H16N4O3/c1-3-4-7-12-8(14-13-7)9(15)11-5-6(2)10(16)17/h6H,3-5H2,1-2H3,(H,11,15)(H,16,17)(H,12,13,14). The number of aromatic nitrogens is 3. The summed E-state index contributed by atoms with van der Waals surface area (Å²) >= 11 is 0. The molecule has 0 aliphatic carbocycles. The fourth-order valence-corrected chi connectivity index (χ4v) is 1.16. The molecule has 0 radical (unpaired) electrons. The molecule has 17 heavy (non-hydrogen) atoms. The lowest BCUT2D eigenvalue weighted by Crippen LogP contribution is -2.32. The van der Waals surface area contributed by atoms with Crippen LogP contribution in [0.1, 0.15) is 36.7 Å². The number of carbonyl (C=O) groups is 2. The molecule has 0 fully saturated rings. The van der Waals surface area contributed by atoms with Crippen molar-refractivity contribution in [3.05, 3.63) is 11.6 Å². The molecule has 1 aromatic heterocycles. The van der Waals surface area contributed by atoms with Crippen molar-refractivity contribution >= 4 is 11.9 Å². The molecule has 1 unspecified atom stereocenters. The molecule has 7 heteroatoms. The lowest BCUT2D eigenvalue weighted by molar-refractivity contribution is -0.140. The predicted octanol–water partition coefficient (Wildman–Crippen LogP) is 0.208. The number of carboxylic acid groups (broad SMARTS) is 1. The van der Waals surface area contributed by atoms with Crippen LogP contribution in [-0.4, -0.2) is 38.7 Å². The van der Waals surface area contributed by atoms with Crippen molar-refractivity contribution in [2.24, 2.45) is 5.92 Å². The van der Waals surface area contributed by atoms with Crippen LogP contribution in [0.15, 0.2) is 0 Å². The van der Waals surface area contributed by atoms with E-state index in [-0.39, 0.29) is 12.4 Å². The number of aryl methyl sites for hydroxylation is 1. The van der Waals surface area contributed by atoms with Crippen molar-refractivity contribution in [1.29, 1.82) is 0 Å². The summed E-state index contributed by atoms with van der Waals surface area (Å²) in [6, 6.07) is 0. The van der Waals surface area contributed by atoms with Gasteiger partial charge in [-0.3, -0.25) is 14.7 Å². The van der Waals surface area contributed by atoms with Crippen LogP contribution in [0, 0.1) is 5.92 Å². The zero-order chi connectivity index (χ0) is 12.8. The molecule has 0 spiro atoms. The van der Waals surface area contributed by atoms with E-state index >= 15 is 0 Å². The molecule has 1 heterocycles. The molecule has 0 saturated heterocycles. The lowest BCUT2D eigenvalue weighted by Gasteiger charge is -2.05. The first-order valence-electron chi connectivity index (χ1n) is 5.46. The zero-order valence-electron chi connectivity index (χ0n) is 9.86. The van der Waals surface area contributed by atoms with Crippen molar-refractivity contribution in [1.82, 2.24) is 20.5 Å². The normalized spacial score (nSPS) is 12.1. The van der Waals surface area contributed by atoms with Gasteiger partial charge in [-0.25, -0.2) is 4.98 Å². The molecule has 0 aromatic carbocycles. The highest BCUT2D eigenvalue weighted by Gasteiger charge is 2.15. The lowest BCUT2D eigenvalue weighted by atomic mass is 10.2. The van der Waals surface area contributed by atoms with Crippen molar-refractivity contribution in [3.63, 3.8) is 0 Å². The van der Waals surface area contributed by atoms with Crippen molar-refractivity contribution in [2.75, 3.05) is 6.54 Å². The highest BCUT2D eigenvalue weighted by molar-refractivity contribution is 5.90. The minimum absolute atomic E-state index is 0.0473. The summed E-state index contributed by atoms with van der Waals surface area (Å²) in [4.78, 5) is 26.1. The molecule has 0 bridgehead atoms. The van der Waals surface area contributed by atoms with Crippen LogP contribution in [0.4, 0.5) is 0 Å². The Labute approximate surface area is 98.6 Å². The Morgan fingerprint density at radius 1 is 1.53 bits per heavy atom. The Morgan fingerprint density at radius 3 is 2.82 bits per heavy atom. The number of hydrogen-bond acceptors (Lipinski definition) is 4. The maximum absolute atomic E-state index is 11.5. The van der Waals surface area contributed by atoms with Crippen LogP contribution < -0.4 is 5.32 Å². The molecular weight excluding hydrogens is 224 g/mol. The average molecular weight is 240 g/mol. The third-order valence-electron chi connectivity index (χ3n) is 2.21. The van der Waals surface area contributed by atoms with E-state index in [0.29, 0.717) is 5.82 Å². The highest BCUT2D eigenvalue weighted by atomic mass is 16.4. The maximum atomic E-state index is 11.5. The van der Waals surface area contributed by atoms with Crippen LogP contribution in [-0.2, 0) is 11.2 Å². The van der Waals surface area contributed by atoms with Gasteiger partial charge in [0.1, 0.15) is 5.82 Å². The van der Waals surface area contributed by atoms with Gasteiger partial charge in [-0.05, 0) is 6.42 Å². The Morgan fingerprint density at radius 2 is 2.24 bits per heavy atom. The molecule has 1 amide bonds. The molecule has 1 rings (SSSR count). The first-order chi connectivity index (χ1) is 8.04. The molecule has 7 nitrogen and oxygen atoms in total. The SMILES string of the molecule is CCCc1nc(C(=O)NCC(C)C(=O)O)n[nH]1. The zero-order valence-corrected chi connectivity index (χ0v) is 9.86. The fourth-order valence-electron chi connectivity index (χ4n) is 1.16. The fraction of sp³-hybridized carbons (Fsp3) is 0.600. The minimum Gasteiger partial charge on any atom is -0.481 e. The summed E-state index contributed by atoms with van der Waals surface area (Å²) in [5.41, 5.74) is 0. The van der Waals surface area contributed by atoms with E-state index in [0.717, 1.165) is 12.8 Å². The Balaban J connectivity index is 2.49.